The minimum atomic E-state index is -0.842. The van der Waals surface area contributed by atoms with Crippen LogP contribution in [-0.2, 0) is 14.3 Å². The summed E-state index contributed by atoms with van der Waals surface area (Å²) in [5.74, 6) is -0.650. The van der Waals surface area contributed by atoms with Gasteiger partial charge in [0.25, 0.3) is 11.7 Å². The molecule has 0 radical (unpaired) electrons. The molecule has 1 aliphatic rings. The molecule has 0 spiro atoms. The first kappa shape index (κ1) is 25.1. The number of rotatable bonds is 10. The Labute approximate surface area is 199 Å². The molecule has 0 bridgehead atoms. The number of Topliss-reactive ketones (excluding diaryl/α,β-unsaturated/α-hetero) is 1. The lowest BCUT2D eigenvalue weighted by atomic mass is 9.94. The van der Waals surface area contributed by atoms with Gasteiger partial charge in [0.1, 0.15) is 28.6 Å². The first-order valence-electron chi connectivity index (χ1n) is 11.2. The van der Waals surface area contributed by atoms with Crippen molar-refractivity contribution in [3.05, 3.63) is 59.2 Å². The predicted molar refractivity (Wildman–Crippen MR) is 127 cm³/mol. The van der Waals surface area contributed by atoms with E-state index in [2.05, 4.69) is 0 Å². The van der Waals surface area contributed by atoms with Gasteiger partial charge >= 0.3 is 0 Å². The Morgan fingerprint density at radius 3 is 2.29 bits per heavy atom. The number of nitrogens with zero attached hydrogens (tertiary/aromatic N) is 1. The normalized spacial score (nSPS) is 17.4. The number of hydrogen-bond donors (Lipinski definition) is 1. The summed E-state index contributed by atoms with van der Waals surface area (Å²) in [4.78, 5) is 27.8. The van der Waals surface area contributed by atoms with Gasteiger partial charge in [0, 0.05) is 6.54 Å². The number of aliphatic hydroxyl groups is 1. The summed E-state index contributed by atoms with van der Waals surface area (Å²) in [7, 11) is 2.91. The number of ether oxygens (including phenoxy) is 4. The van der Waals surface area contributed by atoms with Crippen molar-refractivity contribution in [2.24, 2.45) is 0 Å². The molecule has 1 N–H and O–H groups in total. The fourth-order valence-electron chi connectivity index (χ4n) is 4.00. The third kappa shape index (κ3) is 5.02. The van der Waals surface area contributed by atoms with Crippen molar-refractivity contribution in [2.75, 3.05) is 34.0 Å². The van der Waals surface area contributed by atoms with Gasteiger partial charge in [-0.05, 0) is 50.6 Å². The van der Waals surface area contributed by atoms with Crippen LogP contribution in [0.1, 0.15) is 37.9 Å². The number of carbonyl (C=O) groups is 2. The molecule has 1 fully saturated rings. The molecule has 1 atom stereocenters. The van der Waals surface area contributed by atoms with E-state index in [-0.39, 0.29) is 36.2 Å². The van der Waals surface area contributed by atoms with Crippen molar-refractivity contribution in [2.45, 2.75) is 32.9 Å². The number of aliphatic hydroxyl groups excluding tert-OH is 1. The first-order chi connectivity index (χ1) is 16.3. The lowest BCUT2D eigenvalue weighted by molar-refractivity contribution is -0.140. The van der Waals surface area contributed by atoms with Gasteiger partial charge in [0.15, 0.2) is 0 Å². The van der Waals surface area contributed by atoms with Crippen LogP contribution in [-0.4, -0.2) is 61.8 Å². The van der Waals surface area contributed by atoms with Crippen molar-refractivity contribution in [1.82, 2.24) is 4.90 Å². The molecule has 1 heterocycles. The summed E-state index contributed by atoms with van der Waals surface area (Å²) >= 11 is 0. The van der Waals surface area contributed by atoms with Gasteiger partial charge in [-0.3, -0.25) is 9.59 Å². The molecule has 34 heavy (non-hydrogen) atoms. The molecule has 8 heteroatoms. The molecule has 3 rings (SSSR count). The lowest BCUT2D eigenvalue weighted by Gasteiger charge is -2.26. The Kier molecular flexibility index (Phi) is 8.17. The van der Waals surface area contributed by atoms with E-state index in [0.29, 0.717) is 29.4 Å². The summed E-state index contributed by atoms with van der Waals surface area (Å²) in [5.41, 5.74) is 0.783. The van der Waals surface area contributed by atoms with Crippen LogP contribution < -0.4 is 14.2 Å². The zero-order valence-corrected chi connectivity index (χ0v) is 20.2. The van der Waals surface area contributed by atoms with Crippen LogP contribution in [0.3, 0.4) is 0 Å². The summed E-state index contributed by atoms with van der Waals surface area (Å²) in [6, 6.07) is 11.3. The number of amides is 1. The second kappa shape index (κ2) is 11.1. The monoisotopic (exact) mass is 469 g/mol. The molecule has 1 aliphatic heterocycles. The van der Waals surface area contributed by atoms with E-state index in [1.807, 2.05) is 20.8 Å². The highest BCUT2D eigenvalue weighted by molar-refractivity contribution is 6.46. The topological polar surface area (TPSA) is 94.5 Å². The largest absolute Gasteiger partial charge is 0.506 e. The SMILES string of the molecule is CCOc1cccc(C2/C(=C(\O)c3c(OC)cccc3OC)C(=O)C(=O)N2CCOC(C)C)c1. The lowest BCUT2D eigenvalue weighted by Crippen LogP contribution is -2.33. The highest BCUT2D eigenvalue weighted by Crippen LogP contribution is 2.43. The molecule has 0 aromatic heterocycles. The maximum absolute atomic E-state index is 13.3. The maximum atomic E-state index is 13.3. The van der Waals surface area contributed by atoms with Gasteiger partial charge in [-0.15, -0.1) is 0 Å². The second-order valence-corrected chi connectivity index (χ2v) is 7.96. The Hall–Kier alpha value is -3.52. The van der Waals surface area contributed by atoms with Crippen molar-refractivity contribution in [1.29, 1.82) is 0 Å². The first-order valence-corrected chi connectivity index (χ1v) is 11.2. The van der Waals surface area contributed by atoms with Crippen LogP contribution in [0.2, 0.25) is 0 Å². The number of ketones is 1. The fourth-order valence-corrected chi connectivity index (χ4v) is 4.00. The van der Waals surface area contributed by atoms with E-state index >= 15 is 0 Å². The molecule has 0 saturated carbocycles. The zero-order chi connectivity index (χ0) is 24.8. The van der Waals surface area contributed by atoms with Crippen LogP contribution in [0.25, 0.3) is 5.76 Å². The Bertz CT molecular complexity index is 1050. The number of benzene rings is 2. The third-order valence-electron chi connectivity index (χ3n) is 5.47. The second-order valence-electron chi connectivity index (χ2n) is 7.96. The zero-order valence-electron chi connectivity index (χ0n) is 20.2. The average molecular weight is 470 g/mol. The molecule has 8 nitrogen and oxygen atoms in total. The summed E-state index contributed by atoms with van der Waals surface area (Å²) in [6.07, 6.45) is -0.0330. The van der Waals surface area contributed by atoms with Gasteiger partial charge in [0.05, 0.1) is 45.2 Å². The van der Waals surface area contributed by atoms with Crippen LogP contribution in [0.15, 0.2) is 48.0 Å². The van der Waals surface area contributed by atoms with Gasteiger partial charge < -0.3 is 29.0 Å². The molecular formula is C26H31NO7. The maximum Gasteiger partial charge on any atom is 0.295 e. The van der Waals surface area contributed by atoms with E-state index in [4.69, 9.17) is 18.9 Å². The number of methoxy groups -OCH3 is 2. The molecule has 182 valence electrons. The van der Waals surface area contributed by atoms with E-state index < -0.39 is 17.7 Å². The minimum Gasteiger partial charge on any atom is -0.506 e. The molecule has 1 unspecified atom stereocenters. The summed E-state index contributed by atoms with van der Waals surface area (Å²) in [6.45, 7) is 6.53. The van der Waals surface area contributed by atoms with E-state index in [1.54, 1.807) is 42.5 Å². The Morgan fingerprint density at radius 1 is 1.06 bits per heavy atom. The van der Waals surface area contributed by atoms with Gasteiger partial charge in [-0.1, -0.05) is 18.2 Å². The van der Waals surface area contributed by atoms with Gasteiger partial charge in [0.2, 0.25) is 0 Å². The third-order valence-corrected chi connectivity index (χ3v) is 5.47. The minimum absolute atomic E-state index is 0.0330. The predicted octanol–water partition coefficient (Wildman–Crippen LogP) is 3.95. The van der Waals surface area contributed by atoms with Gasteiger partial charge in [-0.2, -0.15) is 0 Å². The van der Waals surface area contributed by atoms with Crippen LogP contribution in [0.4, 0.5) is 0 Å². The van der Waals surface area contributed by atoms with E-state index in [1.165, 1.54) is 19.1 Å². The van der Waals surface area contributed by atoms with E-state index in [0.717, 1.165) is 0 Å². The van der Waals surface area contributed by atoms with Crippen LogP contribution in [0, 0.1) is 0 Å². The van der Waals surface area contributed by atoms with Crippen molar-refractivity contribution < 1.29 is 33.6 Å². The highest BCUT2D eigenvalue weighted by Gasteiger charge is 2.46. The summed E-state index contributed by atoms with van der Waals surface area (Å²) in [5, 5.41) is 11.4. The molecule has 2 aromatic carbocycles. The Balaban J connectivity index is 2.20. The Morgan fingerprint density at radius 2 is 1.71 bits per heavy atom. The number of likely N-dealkylation sites (tertiary alicyclic amines) is 1. The molecule has 1 amide bonds. The van der Waals surface area contributed by atoms with Crippen LogP contribution >= 0.6 is 0 Å². The van der Waals surface area contributed by atoms with Crippen molar-refractivity contribution in [3.8, 4) is 17.2 Å². The van der Waals surface area contributed by atoms with Crippen molar-refractivity contribution in [3.63, 3.8) is 0 Å². The molecule has 0 aliphatic carbocycles. The van der Waals surface area contributed by atoms with Crippen molar-refractivity contribution >= 4 is 17.4 Å². The fraction of sp³-hybridized carbons (Fsp3) is 0.385. The average Bonchev–Trinajstić information content (AvgIpc) is 3.08. The number of carbonyl (C=O) groups excluding carboxylic acids is 2. The van der Waals surface area contributed by atoms with Gasteiger partial charge in [-0.25, -0.2) is 0 Å². The molecular weight excluding hydrogens is 438 g/mol. The highest BCUT2D eigenvalue weighted by atomic mass is 16.5. The number of hydrogen-bond acceptors (Lipinski definition) is 7. The van der Waals surface area contributed by atoms with E-state index in [9.17, 15) is 14.7 Å². The summed E-state index contributed by atoms with van der Waals surface area (Å²) < 4.78 is 22.1. The molecule has 1 saturated heterocycles. The smallest absolute Gasteiger partial charge is 0.295 e. The standard InChI is InChI=1S/C26H31NO7/c1-6-33-18-10-7-9-17(15-18)23-22(25(29)26(30)27(23)13-14-34-16(2)3)24(28)21-19(31-4)11-8-12-20(21)32-5/h7-12,15-16,23,28H,6,13-14H2,1-5H3/b24-22+. The quantitative estimate of drug-likeness (QED) is 0.320. The molecule has 2 aromatic rings. The van der Waals surface area contributed by atoms with Crippen LogP contribution in [0.5, 0.6) is 17.2 Å².